The van der Waals surface area contributed by atoms with Crippen molar-refractivity contribution in [2.45, 2.75) is 45.1 Å². The highest BCUT2D eigenvalue weighted by Gasteiger charge is 2.29. The van der Waals surface area contributed by atoms with Gasteiger partial charge >= 0.3 is 12.1 Å². The predicted molar refractivity (Wildman–Crippen MR) is 139 cm³/mol. The van der Waals surface area contributed by atoms with Crippen LogP contribution in [0.25, 0.3) is 11.1 Å². The monoisotopic (exact) mass is 498 g/mol. The summed E-state index contributed by atoms with van der Waals surface area (Å²) in [4.78, 5) is 37.9. The number of carboxylic acid groups (broad SMARTS) is 1. The van der Waals surface area contributed by atoms with Crippen molar-refractivity contribution in [1.82, 2.24) is 10.2 Å². The number of hydrogen-bond donors (Lipinski definition) is 2. The molecule has 0 saturated carbocycles. The molecule has 2 N–H and O–H groups in total. The first-order valence-corrected chi connectivity index (χ1v) is 13.3. The molecular formula is C27H34N2O5S. The van der Waals surface area contributed by atoms with E-state index in [1.807, 2.05) is 55.1 Å². The van der Waals surface area contributed by atoms with Gasteiger partial charge in [-0.15, -0.1) is 0 Å². The molecule has 0 bridgehead atoms. The number of ether oxygens (including phenoxy) is 1. The van der Waals surface area contributed by atoms with Gasteiger partial charge < -0.3 is 20.1 Å². The van der Waals surface area contributed by atoms with Gasteiger partial charge in [-0.3, -0.25) is 4.79 Å². The van der Waals surface area contributed by atoms with Crippen LogP contribution >= 0.6 is 11.8 Å². The van der Waals surface area contributed by atoms with Crippen molar-refractivity contribution in [3.05, 3.63) is 59.7 Å². The molecule has 188 valence electrons. The molecule has 0 heterocycles. The van der Waals surface area contributed by atoms with Gasteiger partial charge in [0.2, 0.25) is 5.91 Å². The van der Waals surface area contributed by atoms with Crippen molar-refractivity contribution < 1.29 is 24.2 Å². The standard InChI is InChI=1S/C27H34N2O5S/c1-3-29(4-2)25(30)14-9-16-35-17-15-24(26(31)32)28-27(33)34-18-23-21-12-7-5-10-19(21)20-11-6-8-13-22(20)23/h5-8,10-13,23-24H,3-4,9,14-18H2,1-2H3,(H,28,33)(H,31,32). The zero-order valence-electron chi connectivity index (χ0n) is 20.4. The molecule has 3 rings (SSSR count). The van der Waals surface area contributed by atoms with E-state index in [0.29, 0.717) is 25.3 Å². The van der Waals surface area contributed by atoms with Gasteiger partial charge in [0.1, 0.15) is 12.6 Å². The van der Waals surface area contributed by atoms with Crippen LogP contribution < -0.4 is 5.32 Å². The number of carbonyl (C=O) groups excluding carboxylic acids is 2. The van der Waals surface area contributed by atoms with Crippen LogP contribution in [0.4, 0.5) is 4.79 Å². The van der Waals surface area contributed by atoms with Crippen molar-refractivity contribution in [2.24, 2.45) is 0 Å². The summed E-state index contributed by atoms with van der Waals surface area (Å²) in [5.74, 6) is 0.322. The number of carboxylic acids is 1. The summed E-state index contributed by atoms with van der Waals surface area (Å²) < 4.78 is 5.47. The van der Waals surface area contributed by atoms with E-state index in [2.05, 4.69) is 17.4 Å². The second kappa shape index (κ2) is 13.2. The minimum Gasteiger partial charge on any atom is -0.480 e. The maximum atomic E-state index is 12.4. The topological polar surface area (TPSA) is 95.9 Å². The van der Waals surface area contributed by atoms with Crippen LogP contribution in [0.1, 0.15) is 50.2 Å². The van der Waals surface area contributed by atoms with Gasteiger partial charge in [0, 0.05) is 25.4 Å². The van der Waals surface area contributed by atoms with Gasteiger partial charge in [-0.05, 0) is 60.4 Å². The number of fused-ring (bicyclic) bond motifs is 3. The molecule has 0 spiro atoms. The fourth-order valence-electron chi connectivity index (χ4n) is 4.40. The number of aliphatic carboxylic acids is 1. The Labute approximate surface area is 211 Å². The quantitative estimate of drug-likeness (QED) is 0.387. The Morgan fingerprint density at radius 1 is 1.00 bits per heavy atom. The molecule has 0 aromatic heterocycles. The van der Waals surface area contributed by atoms with E-state index < -0.39 is 18.1 Å². The molecular weight excluding hydrogens is 464 g/mol. The summed E-state index contributed by atoms with van der Waals surface area (Å²) in [6, 6.07) is 15.1. The summed E-state index contributed by atoms with van der Waals surface area (Å²) in [5.41, 5.74) is 4.48. The second-order valence-corrected chi connectivity index (χ2v) is 9.66. The lowest BCUT2D eigenvalue weighted by Gasteiger charge is -2.18. The van der Waals surface area contributed by atoms with E-state index in [0.717, 1.165) is 34.4 Å². The number of nitrogens with zero attached hydrogens (tertiary/aromatic N) is 1. The second-order valence-electron chi connectivity index (χ2n) is 8.43. The molecule has 1 atom stereocenters. The van der Waals surface area contributed by atoms with Crippen molar-refractivity contribution >= 4 is 29.7 Å². The van der Waals surface area contributed by atoms with Gasteiger partial charge in [-0.1, -0.05) is 48.5 Å². The zero-order valence-corrected chi connectivity index (χ0v) is 21.2. The van der Waals surface area contributed by atoms with Gasteiger partial charge in [-0.25, -0.2) is 9.59 Å². The molecule has 2 aromatic carbocycles. The minimum atomic E-state index is -1.09. The van der Waals surface area contributed by atoms with E-state index in [1.165, 1.54) is 0 Å². The maximum Gasteiger partial charge on any atom is 0.407 e. The van der Waals surface area contributed by atoms with Gasteiger partial charge in [-0.2, -0.15) is 11.8 Å². The highest BCUT2D eigenvalue weighted by Crippen LogP contribution is 2.44. The number of amides is 2. The summed E-state index contributed by atoms with van der Waals surface area (Å²) in [7, 11) is 0. The van der Waals surface area contributed by atoms with E-state index >= 15 is 0 Å². The van der Waals surface area contributed by atoms with E-state index in [4.69, 9.17) is 4.74 Å². The average molecular weight is 499 g/mol. The number of nitrogens with one attached hydrogen (secondary N) is 1. The molecule has 0 fully saturated rings. The molecule has 2 aromatic rings. The summed E-state index contributed by atoms with van der Waals surface area (Å²) in [6.07, 6.45) is 0.801. The van der Waals surface area contributed by atoms with Gasteiger partial charge in [0.15, 0.2) is 0 Å². The van der Waals surface area contributed by atoms with Crippen molar-refractivity contribution in [1.29, 1.82) is 0 Å². The maximum absolute atomic E-state index is 12.4. The Bertz CT molecular complexity index is 979. The van der Waals surface area contributed by atoms with Crippen molar-refractivity contribution in [3.8, 4) is 11.1 Å². The smallest absolute Gasteiger partial charge is 0.407 e. The Hall–Kier alpha value is -3.00. The molecule has 35 heavy (non-hydrogen) atoms. The SMILES string of the molecule is CCN(CC)C(=O)CCCSCCC(NC(=O)OCC1c2ccccc2-c2ccccc21)C(=O)O. The molecule has 0 radical (unpaired) electrons. The molecule has 0 aliphatic heterocycles. The highest BCUT2D eigenvalue weighted by molar-refractivity contribution is 7.99. The number of benzene rings is 2. The van der Waals surface area contributed by atoms with Crippen LogP contribution in [0, 0.1) is 0 Å². The van der Waals surface area contributed by atoms with Gasteiger partial charge in [0.05, 0.1) is 0 Å². The minimum absolute atomic E-state index is 0.0777. The molecule has 2 amide bonds. The van der Waals surface area contributed by atoms with E-state index in [1.54, 1.807) is 11.8 Å². The third-order valence-corrected chi connectivity index (χ3v) is 7.38. The molecule has 7 nitrogen and oxygen atoms in total. The van der Waals surface area contributed by atoms with Crippen molar-refractivity contribution in [2.75, 3.05) is 31.2 Å². The number of hydrogen-bond acceptors (Lipinski definition) is 5. The highest BCUT2D eigenvalue weighted by atomic mass is 32.2. The fourth-order valence-corrected chi connectivity index (χ4v) is 5.36. The van der Waals surface area contributed by atoms with Crippen LogP contribution in [-0.4, -0.2) is 65.2 Å². The molecule has 0 saturated heterocycles. The molecule has 1 aliphatic rings. The Kier molecular flexibility index (Phi) is 10.0. The normalized spacial score (nSPS) is 13.0. The Morgan fingerprint density at radius 3 is 2.17 bits per heavy atom. The number of carbonyl (C=O) groups is 3. The molecule has 1 aliphatic carbocycles. The summed E-state index contributed by atoms with van der Waals surface area (Å²) in [6.45, 7) is 5.49. The lowest BCUT2D eigenvalue weighted by molar-refractivity contribution is -0.139. The van der Waals surface area contributed by atoms with Crippen LogP contribution in [0.3, 0.4) is 0 Å². The number of thioether (sulfide) groups is 1. The first-order chi connectivity index (χ1) is 17.0. The zero-order chi connectivity index (χ0) is 25.2. The Balaban J connectivity index is 1.43. The van der Waals surface area contributed by atoms with E-state index in [9.17, 15) is 19.5 Å². The molecule has 1 unspecified atom stereocenters. The average Bonchev–Trinajstić information content (AvgIpc) is 3.18. The van der Waals surface area contributed by atoms with Gasteiger partial charge in [0.25, 0.3) is 0 Å². The lowest BCUT2D eigenvalue weighted by Crippen LogP contribution is -2.41. The fraction of sp³-hybridized carbons (Fsp3) is 0.444. The molecule has 8 heteroatoms. The summed E-state index contributed by atoms with van der Waals surface area (Å²) in [5, 5.41) is 12.0. The van der Waals surface area contributed by atoms with Crippen LogP contribution in [0.5, 0.6) is 0 Å². The lowest BCUT2D eigenvalue weighted by atomic mass is 9.98. The third kappa shape index (κ3) is 7.01. The van der Waals surface area contributed by atoms with Crippen LogP contribution in [-0.2, 0) is 14.3 Å². The first-order valence-electron chi connectivity index (χ1n) is 12.2. The Morgan fingerprint density at radius 2 is 1.60 bits per heavy atom. The van der Waals surface area contributed by atoms with E-state index in [-0.39, 0.29) is 24.9 Å². The number of rotatable bonds is 13. The first kappa shape index (κ1) is 26.6. The van der Waals surface area contributed by atoms with Crippen LogP contribution in [0.2, 0.25) is 0 Å². The summed E-state index contributed by atoms with van der Waals surface area (Å²) >= 11 is 1.59. The number of alkyl carbamates (subject to hydrolysis) is 1. The van der Waals surface area contributed by atoms with Crippen molar-refractivity contribution in [3.63, 3.8) is 0 Å². The third-order valence-electron chi connectivity index (χ3n) is 6.28. The predicted octanol–water partition coefficient (Wildman–Crippen LogP) is 4.75. The largest absolute Gasteiger partial charge is 0.480 e. The van der Waals surface area contributed by atoms with Crippen LogP contribution in [0.15, 0.2) is 48.5 Å².